The summed E-state index contributed by atoms with van der Waals surface area (Å²) in [6.45, 7) is 4.15. The standard InChI is InChI=1S/C21H22N5.3ClH.Zn/c1-15-14-20(26(25(15)4)17-10-6-5-7-11-17)22-23-21-16(2)24(3)19-13-9-8-12-18(19)21;;;;/h5-14H,1-4H3;3*1H;/q+1;;;;+2/p-3. The molecular formula is C21H22Cl3N5Zn. The Morgan fingerprint density at radius 1 is 0.833 bits per heavy atom. The van der Waals surface area contributed by atoms with E-state index in [-0.39, 0.29) is 56.7 Å². The van der Waals surface area contributed by atoms with Gasteiger partial charge in [0, 0.05) is 30.3 Å². The number of nitrogens with zero attached hydrogens (tertiary/aromatic N) is 5. The topological polar surface area (TPSA) is 41.2 Å². The first-order chi connectivity index (χ1) is 12.6. The van der Waals surface area contributed by atoms with Gasteiger partial charge < -0.3 is 41.8 Å². The molecular weight excluding hydrogens is 494 g/mol. The fourth-order valence-corrected chi connectivity index (χ4v) is 3.33. The van der Waals surface area contributed by atoms with Gasteiger partial charge in [0.05, 0.1) is 17.3 Å². The monoisotopic (exact) mass is 513 g/mol. The van der Waals surface area contributed by atoms with Crippen LogP contribution in [0.2, 0.25) is 0 Å². The van der Waals surface area contributed by atoms with E-state index in [0.29, 0.717) is 0 Å². The molecule has 0 fully saturated rings. The van der Waals surface area contributed by atoms with Gasteiger partial charge in [0.15, 0.2) is 11.4 Å². The molecule has 5 nitrogen and oxygen atoms in total. The van der Waals surface area contributed by atoms with Gasteiger partial charge in [0.2, 0.25) is 0 Å². The van der Waals surface area contributed by atoms with Crippen molar-refractivity contribution in [2.45, 2.75) is 13.8 Å². The molecule has 154 valence electrons. The van der Waals surface area contributed by atoms with Gasteiger partial charge >= 0.3 is 25.0 Å². The van der Waals surface area contributed by atoms with E-state index in [1.165, 1.54) is 5.52 Å². The van der Waals surface area contributed by atoms with Crippen molar-refractivity contribution in [1.82, 2.24) is 13.9 Å². The number of hydrogen-bond donors (Lipinski definition) is 0. The predicted molar refractivity (Wildman–Crippen MR) is 103 cm³/mol. The largest absolute Gasteiger partial charge is 2.00 e. The van der Waals surface area contributed by atoms with Crippen molar-refractivity contribution in [3.05, 3.63) is 77.5 Å². The Bertz CT molecular complexity index is 1220. The summed E-state index contributed by atoms with van der Waals surface area (Å²) in [5.41, 5.74) is 6.19. The Hall–Kier alpha value is -1.81. The molecule has 2 heterocycles. The molecule has 4 rings (SSSR count). The average molecular weight is 516 g/mol. The zero-order valence-corrected chi connectivity index (χ0v) is 22.6. The Labute approximate surface area is 207 Å². The third-order valence-electron chi connectivity index (χ3n) is 4.98. The number of halogens is 3. The predicted octanol–water partition coefficient (Wildman–Crippen LogP) is -5.17. The number of para-hydroxylation sites is 2. The molecule has 0 bridgehead atoms. The molecule has 30 heavy (non-hydrogen) atoms. The van der Waals surface area contributed by atoms with E-state index in [1.54, 1.807) is 0 Å². The molecule has 0 aliphatic rings. The van der Waals surface area contributed by atoms with Crippen LogP contribution in [0.4, 0.5) is 5.69 Å². The number of fused-ring (bicyclic) bond motifs is 1. The number of aromatic nitrogens is 3. The minimum absolute atomic E-state index is 0. The zero-order valence-electron chi connectivity index (χ0n) is 17.4. The van der Waals surface area contributed by atoms with E-state index in [1.807, 2.05) is 37.4 Å². The van der Waals surface area contributed by atoms with Gasteiger partial charge in [-0.1, -0.05) is 41.2 Å². The maximum Gasteiger partial charge on any atom is 2.00 e. The first-order valence-corrected chi connectivity index (χ1v) is 8.68. The molecule has 0 aliphatic carbocycles. The molecule has 0 saturated heterocycles. The SMILES string of the molecule is Cc1c(N=[N+]=c2cc(C)n(C)n2-c2ccccc2)c2ccccc2n1C.[Cl-].[Cl-].[Cl-].[Zn+2]. The molecule has 4 aromatic rings. The summed E-state index contributed by atoms with van der Waals surface area (Å²) >= 11 is 0. The summed E-state index contributed by atoms with van der Waals surface area (Å²) in [6.07, 6.45) is 0. The third-order valence-corrected chi connectivity index (χ3v) is 4.98. The van der Waals surface area contributed by atoms with Gasteiger partial charge in [-0.3, -0.25) is 0 Å². The first kappa shape index (κ1) is 28.2. The van der Waals surface area contributed by atoms with Crippen molar-refractivity contribution >= 4 is 16.6 Å². The van der Waals surface area contributed by atoms with Crippen molar-refractivity contribution in [3.8, 4) is 5.69 Å². The van der Waals surface area contributed by atoms with Crippen molar-refractivity contribution in [1.29, 1.82) is 0 Å². The second-order valence-electron chi connectivity index (χ2n) is 6.53. The van der Waals surface area contributed by atoms with Crippen LogP contribution in [-0.4, -0.2) is 18.7 Å². The fourth-order valence-electron chi connectivity index (χ4n) is 3.33. The van der Waals surface area contributed by atoms with Gasteiger partial charge in [-0.05, 0) is 32.0 Å². The maximum atomic E-state index is 4.64. The van der Waals surface area contributed by atoms with Crippen LogP contribution in [0.25, 0.3) is 16.6 Å². The van der Waals surface area contributed by atoms with Gasteiger partial charge in [0.25, 0.3) is 0 Å². The van der Waals surface area contributed by atoms with E-state index >= 15 is 0 Å². The van der Waals surface area contributed by atoms with Crippen molar-refractivity contribution < 1.29 is 61.5 Å². The Kier molecular flexibility index (Phi) is 10.9. The molecule has 0 N–H and O–H groups in total. The minimum atomic E-state index is 0. The molecule has 0 spiro atoms. The third kappa shape index (κ3) is 4.91. The van der Waals surface area contributed by atoms with Crippen molar-refractivity contribution in [3.63, 3.8) is 0 Å². The van der Waals surface area contributed by atoms with E-state index in [2.05, 4.69) is 75.1 Å². The summed E-state index contributed by atoms with van der Waals surface area (Å²) in [7, 11) is 4.10. The maximum absolute atomic E-state index is 4.64. The van der Waals surface area contributed by atoms with E-state index in [0.717, 1.165) is 33.6 Å². The Morgan fingerprint density at radius 3 is 2.10 bits per heavy atom. The number of benzene rings is 2. The van der Waals surface area contributed by atoms with E-state index in [4.69, 9.17) is 0 Å². The van der Waals surface area contributed by atoms with Crippen molar-refractivity contribution in [2.24, 2.45) is 19.2 Å². The molecule has 2 aromatic heterocycles. The minimum Gasteiger partial charge on any atom is -1.00 e. The molecule has 9 heteroatoms. The van der Waals surface area contributed by atoms with Crippen LogP contribution in [0.15, 0.2) is 65.8 Å². The van der Waals surface area contributed by atoms with Crippen LogP contribution in [0.3, 0.4) is 0 Å². The van der Waals surface area contributed by atoms with Gasteiger partial charge in [0.1, 0.15) is 0 Å². The van der Waals surface area contributed by atoms with Crippen LogP contribution in [0.5, 0.6) is 0 Å². The molecule has 0 radical (unpaired) electrons. The summed E-state index contributed by atoms with van der Waals surface area (Å²) in [5.74, 6) is 0. The number of aryl methyl sites for hydroxylation is 2. The zero-order chi connectivity index (χ0) is 18.3. The van der Waals surface area contributed by atoms with Crippen LogP contribution >= 0.6 is 0 Å². The number of hydrogen-bond acceptors (Lipinski definition) is 1. The molecule has 0 atom stereocenters. The van der Waals surface area contributed by atoms with Gasteiger partial charge in [-0.2, -0.15) is 0 Å². The first-order valence-electron chi connectivity index (χ1n) is 8.68. The fraction of sp³-hybridized carbons (Fsp3) is 0.190. The Balaban J connectivity index is 0.00000210. The normalized spacial score (nSPS) is 9.47. The van der Waals surface area contributed by atoms with Crippen LogP contribution < -0.4 is 42.7 Å². The molecule has 0 amide bonds. The van der Waals surface area contributed by atoms with Gasteiger partial charge in [-0.15, -0.1) is 4.68 Å². The summed E-state index contributed by atoms with van der Waals surface area (Å²) < 4.78 is 6.31. The van der Waals surface area contributed by atoms with Crippen molar-refractivity contribution in [2.75, 3.05) is 0 Å². The quantitative estimate of drug-likeness (QED) is 0.146. The molecule has 0 unspecified atom stereocenters. The summed E-state index contributed by atoms with van der Waals surface area (Å²) in [5, 5.41) is 5.76. The number of rotatable bonds is 2. The Morgan fingerprint density at radius 2 is 1.43 bits per heavy atom. The smallest absolute Gasteiger partial charge is 1.00 e. The van der Waals surface area contributed by atoms with E-state index < -0.39 is 0 Å². The second-order valence-corrected chi connectivity index (χ2v) is 6.53. The molecule has 0 aliphatic heterocycles. The van der Waals surface area contributed by atoms with E-state index in [9.17, 15) is 0 Å². The van der Waals surface area contributed by atoms with Gasteiger partial charge in [-0.25, -0.2) is 4.68 Å². The summed E-state index contributed by atoms with van der Waals surface area (Å²) in [6, 6.07) is 20.6. The van der Waals surface area contributed by atoms with Crippen LogP contribution in [-0.2, 0) is 33.6 Å². The average Bonchev–Trinajstić information content (AvgIpc) is 3.08. The molecule has 2 aromatic carbocycles. The van der Waals surface area contributed by atoms with Crippen LogP contribution in [0.1, 0.15) is 11.4 Å². The summed E-state index contributed by atoms with van der Waals surface area (Å²) in [4.78, 5) is 4.61. The second kappa shape index (κ2) is 11.5. The molecule has 0 saturated carbocycles. The van der Waals surface area contributed by atoms with Crippen LogP contribution in [0, 0.1) is 13.8 Å².